The zero-order valence-corrected chi connectivity index (χ0v) is 22.0. The number of aryl methyl sites for hydroxylation is 1. The highest BCUT2D eigenvalue weighted by Crippen LogP contribution is 2.48. The molecule has 18 heteroatoms. The summed E-state index contributed by atoms with van der Waals surface area (Å²) in [7, 11) is 4.15. The number of carbonyl (C=O) groups is 4. The number of ether oxygens (including phenoxy) is 1. The number of methoxy groups -OCH3 is 1. The molecule has 2 aromatic rings. The lowest BCUT2D eigenvalue weighted by molar-refractivity contribution is -0.199. The maximum Gasteiger partial charge on any atom is 0.313 e. The van der Waals surface area contributed by atoms with Gasteiger partial charge in [-0.25, -0.2) is 9.67 Å². The number of carboxylic acid groups (broad SMARTS) is 1. The number of aromatic nitrogens is 5. The number of pyridine rings is 1. The van der Waals surface area contributed by atoms with E-state index in [9.17, 15) is 24.3 Å². The van der Waals surface area contributed by atoms with Crippen molar-refractivity contribution < 1.29 is 33.9 Å². The van der Waals surface area contributed by atoms with Crippen molar-refractivity contribution in [2.45, 2.75) is 16.3 Å². The molecular formula is C20H23N9O7S2. The minimum atomic E-state index is -1.76. The summed E-state index contributed by atoms with van der Waals surface area (Å²) in [5, 5.41) is 29.7. The molecule has 3 atom stereocenters. The van der Waals surface area contributed by atoms with E-state index in [0.717, 1.165) is 0 Å². The van der Waals surface area contributed by atoms with E-state index in [2.05, 4.69) is 36.3 Å². The van der Waals surface area contributed by atoms with Gasteiger partial charge in [0.15, 0.2) is 5.71 Å². The number of aliphatic carboxylic acids is 1. The Morgan fingerprint density at radius 2 is 2.18 bits per heavy atom. The Labute approximate surface area is 223 Å². The van der Waals surface area contributed by atoms with Gasteiger partial charge in [-0.3, -0.25) is 19.2 Å². The predicted molar refractivity (Wildman–Crippen MR) is 133 cm³/mol. The van der Waals surface area contributed by atoms with Gasteiger partial charge < -0.3 is 30.2 Å². The number of nitrogens with one attached hydrogen (secondary N) is 2. The molecule has 2 saturated heterocycles. The maximum absolute atomic E-state index is 13.3. The molecule has 2 aromatic heterocycles. The van der Waals surface area contributed by atoms with Crippen LogP contribution in [0.15, 0.2) is 28.5 Å². The van der Waals surface area contributed by atoms with Crippen molar-refractivity contribution in [2.75, 3.05) is 37.6 Å². The number of β-lactam (4-membered cyclic amide) rings is 1. The van der Waals surface area contributed by atoms with Gasteiger partial charge in [0.05, 0.1) is 0 Å². The van der Waals surface area contributed by atoms with E-state index in [-0.39, 0.29) is 35.3 Å². The van der Waals surface area contributed by atoms with E-state index in [4.69, 9.17) is 9.57 Å². The van der Waals surface area contributed by atoms with Crippen molar-refractivity contribution in [3.8, 4) is 0 Å². The number of nitrogens with zero attached hydrogens (tertiary/aromatic N) is 7. The third-order valence-electron chi connectivity index (χ3n) is 5.93. The van der Waals surface area contributed by atoms with Crippen molar-refractivity contribution in [3.05, 3.63) is 23.9 Å². The van der Waals surface area contributed by atoms with Gasteiger partial charge in [-0.1, -0.05) is 23.0 Å². The second-order valence-corrected chi connectivity index (χ2v) is 10.3. The minimum Gasteiger partial charge on any atom is -0.481 e. The number of hydrogen-bond acceptors (Lipinski definition) is 13. The molecule has 2 fully saturated rings. The molecule has 0 spiro atoms. The largest absolute Gasteiger partial charge is 0.481 e. The van der Waals surface area contributed by atoms with Crippen LogP contribution in [0.2, 0.25) is 0 Å². The lowest BCUT2D eigenvalue weighted by atomic mass is 9.88. The minimum absolute atomic E-state index is 0.0718. The Morgan fingerprint density at radius 3 is 2.82 bits per heavy atom. The summed E-state index contributed by atoms with van der Waals surface area (Å²) < 4.78 is 6.94. The third kappa shape index (κ3) is 4.76. The van der Waals surface area contributed by atoms with Gasteiger partial charge in [-0.15, -0.1) is 16.9 Å². The molecule has 4 heterocycles. The van der Waals surface area contributed by atoms with Crippen LogP contribution in [-0.2, 0) is 35.8 Å². The van der Waals surface area contributed by atoms with Gasteiger partial charge >= 0.3 is 5.97 Å². The molecule has 202 valence electrons. The Hall–Kier alpha value is -3.77. The van der Waals surface area contributed by atoms with E-state index < -0.39 is 34.3 Å². The molecule has 3 amide bonds. The zero-order valence-electron chi connectivity index (χ0n) is 20.4. The standard InChI is InChI=1S/C20H23N9O7S2/c1-28-18(24-26-27-28)38-9-19(17(33)34)7-29-15(32)20(35-2,16(29)37-8-19)23-14(31)13(25-36-3)11-5-4-6-12(22-11)21-10-30/h4-6,10,16H,7-9H2,1-3H3,(H,23,31)(H,33,34)(H,21,22,30)/t16-,19?,20?/m1/s1. The fourth-order valence-electron chi connectivity index (χ4n) is 3.96. The number of amides is 3. The molecule has 2 aliphatic rings. The van der Waals surface area contributed by atoms with Crippen LogP contribution in [0.1, 0.15) is 5.69 Å². The van der Waals surface area contributed by atoms with Crippen LogP contribution in [0.4, 0.5) is 5.82 Å². The van der Waals surface area contributed by atoms with Gasteiger partial charge in [0.2, 0.25) is 11.6 Å². The van der Waals surface area contributed by atoms with Crippen molar-refractivity contribution in [1.82, 2.24) is 35.4 Å². The summed E-state index contributed by atoms with van der Waals surface area (Å²) in [6.45, 7) is -0.0991. The predicted octanol–water partition coefficient (Wildman–Crippen LogP) is -1.24. The average Bonchev–Trinajstić information content (AvgIpc) is 3.33. The number of tetrazole rings is 1. The molecule has 2 unspecified atom stereocenters. The van der Waals surface area contributed by atoms with Crippen molar-refractivity contribution in [1.29, 1.82) is 0 Å². The molecule has 0 radical (unpaired) electrons. The van der Waals surface area contributed by atoms with Crippen LogP contribution in [0, 0.1) is 5.41 Å². The smallest absolute Gasteiger partial charge is 0.313 e. The molecule has 2 aliphatic heterocycles. The van der Waals surface area contributed by atoms with E-state index in [1.54, 1.807) is 13.1 Å². The highest BCUT2D eigenvalue weighted by Gasteiger charge is 2.67. The van der Waals surface area contributed by atoms with E-state index >= 15 is 0 Å². The highest BCUT2D eigenvalue weighted by molar-refractivity contribution is 8.00. The van der Waals surface area contributed by atoms with Crippen LogP contribution >= 0.6 is 23.5 Å². The number of thioether (sulfide) groups is 2. The average molecular weight is 566 g/mol. The molecule has 4 rings (SSSR count). The maximum atomic E-state index is 13.3. The SMILES string of the molecule is CON=C(C(=O)NC1(OC)C(=O)N2CC(CSc3nnnn3C)(C(=O)O)CS[C@@H]21)c1cccc(NC=O)n1. The normalized spacial score (nSPS) is 24.7. The molecule has 0 saturated carbocycles. The molecule has 0 aliphatic carbocycles. The number of rotatable bonds is 11. The zero-order chi connectivity index (χ0) is 27.5. The summed E-state index contributed by atoms with van der Waals surface area (Å²) in [5.74, 6) is -2.07. The third-order valence-corrected chi connectivity index (χ3v) is 8.85. The van der Waals surface area contributed by atoms with Gasteiger partial charge in [-0.05, 0) is 22.6 Å². The molecule has 16 nitrogen and oxygen atoms in total. The van der Waals surface area contributed by atoms with Crippen LogP contribution in [0.3, 0.4) is 0 Å². The van der Waals surface area contributed by atoms with E-state index in [0.29, 0.717) is 11.6 Å². The van der Waals surface area contributed by atoms with Gasteiger partial charge in [0, 0.05) is 32.2 Å². The molecule has 38 heavy (non-hydrogen) atoms. The molecule has 0 bridgehead atoms. The van der Waals surface area contributed by atoms with Gasteiger partial charge in [0.25, 0.3) is 17.5 Å². The van der Waals surface area contributed by atoms with Gasteiger partial charge in [-0.2, -0.15) is 0 Å². The monoisotopic (exact) mass is 565 g/mol. The summed E-state index contributed by atoms with van der Waals surface area (Å²) in [6, 6.07) is 4.53. The number of oxime groups is 1. The first-order chi connectivity index (χ1) is 18.2. The Balaban J connectivity index is 1.52. The molecular weight excluding hydrogens is 542 g/mol. The van der Waals surface area contributed by atoms with Crippen molar-refractivity contribution in [3.63, 3.8) is 0 Å². The second kappa shape index (κ2) is 10.9. The van der Waals surface area contributed by atoms with E-state index in [1.165, 1.54) is 59.5 Å². The number of anilines is 1. The summed E-state index contributed by atoms with van der Waals surface area (Å²) in [5.41, 5.74) is -3.24. The second-order valence-electron chi connectivity index (χ2n) is 8.24. The number of hydrogen-bond donors (Lipinski definition) is 3. The first-order valence-corrected chi connectivity index (χ1v) is 12.9. The summed E-state index contributed by atoms with van der Waals surface area (Å²) in [6.07, 6.45) is 0.432. The fourth-order valence-corrected chi connectivity index (χ4v) is 6.76. The van der Waals surface area contributed by atoms with Crippen molar-refractivity contribution in [2.24, 2.45) is 17.6 Å². The molecule has 3 N–H and O–H groups in total. The highest BCUT2D eigenvalue weighted by atomic mass is 32.2. The Kier molecular flexibility index (Phi) is 7.83. The number of fused-ring (bicyclic) bond motifs is 1. The quantitative estimate of drug-likeness (QED) is 0.0729. The number of carboxylic acids is 1. The lowest BCUT2D eigenvalue weighted by Crippen LogP contribution is -2.83. The Bertz CT molecular complexity index is 1290. The van der Waals surface area contributed by atoms with Crippen LogP contribution in [0.25, 0.3) is 0 Å². The lowest BCUT2D eigenvalue weighted by Gasteiger charge is -2.58. The fraction of sp³-hybridized carbons (Fsp3) is 0.450. The van der Waals surface area contributed by atoms with E-state index in [1.807, 2.05) is 0 Å². The molecule has 0 aromatic carbocycles. The van der Waals surface area contributed by atoms with Crippen LogP contribution in [-0.4, -0.2) is 108 Å². The van der Waals surface area contributed by atoms with Gasteiger partial charge in [0.1, 0.15) is 29.4 Å². The van der Waals surface area contributed by atoms with Crippen molar-refractivity contribution >= 4 is 59.2 Å². The first kappa shape index (κ1) is 27.3. The summed E-state index contributed by atoms with van der Waals surface area (Å²) in [4.78, 5) is 60.0. The topological polar surface area (TPSA) is 203 Å². The summed E-state index contributed by atoms with van der Waals surface area (Å²) >= 11 is 2.35. The van der Waals surface area contributed by atoms with Crippen LogP contribution < -0.4 is 10.6 Å². The van der Waals surface area contributed by atoms with Crippen LogP contribution in [0.5, 0.6) is 0 Å². The Morgan fingerprint density at radius 1 is 1.39 bits per heavy atom. The number of carbonyl (C=O) groups excluding carboxylic acids is 3. The first-order valence-electron chi connectivity index (χ1n) is 10.9.